The molecule has 0 unspecified atom stereocenters. The second-order valence-electron chi connectivity index (χ2n) is 4.06. The first-order valence-electron chi connectivity index (χ1n) is 5.70. The molecule has 1 aromatic heterocycles. The molecule has 4 nitrogen and oxygen atoms in total. The predicted molar refractivity (Wildman–Crippen MR) is 80.4 cm³/mol. The lowest BCUT2D eigenvalue weighted by Crippen LogP contribution is -1.91. The maximum atomic E-state index is 9.36. The minimum atomic E-state index is 0.00698. The minimum absolute atomic E-state index is 0.00698. The third-order valence-corrected chi connectivity index (χ3v) is 3.42. The van der Waals surface area contributed by atoms with Gasteiger partial charge in [0.05, 0.1) is 22.3 Å². The van der Waals surface area contributed by atoms with Gasteiger partial charge in [-0.1, -0.05) is 27.5 Å². The fourth-order valence-corrected chi connectivity index (χ4v) is 2.21. The van der Waals surface area contributed by atoms with E-state index in [9.17, 15) is 5.11 Å². The second kappa shape index (κ2) is 5.26. The van der Waals surface area contributed by atoms with Crippen molar-refractivity contribution in [2.75, 3.05) is 0 Å². The summed E-state index contributed by atoms with van der Waals surface area (Å²) < 4.78 is 6.50. The largest absolute Gasteiger partial charge is 0.506 e. The van der Waals surface area contributed by atoms with Crippen molar-refractivity contribution in [3.05, 3.63) is 52.1 Å². The highest BCUT2D eigenvalue weighted by molar-refractivity contribution is 9.10. The van der Waals surface area contributed by atoms with Gasteiger partial charge in [-0.25, -0.2) is 9.97 Å². The highest BCUT2D eigenvalue weighted by atomic mass is 79.9. The van der Waals surface area contributed by atoms with Crippen LogP contribution in [0.3, 0.4) is 0 Å². The topological polar surface area (TPSA) is 55.2 Å². The maximum absolute atomic E-state index is 9.36. The third kappa shape index (κ3) is 2.69. The summed E-state index contributed by atoms with van der Waals surface area (Å²) in [5, 5.41) is 9.58. The number of phenols is 1. The Bertz CT molecular complexity index is 795. The summed E-state index contributed by atoms with van der Waals surface area (Å²) in [4.78, 5) is 8.63. The fraction of sp³-hybridized carbons (Fsp3) is 0. The number of nitrogens with zero attached hydrogens (tertiary/aromatic N) is 2. The van der Waals surface area contributed by atoms with Crippen LogP contribution in [-0.4, -0.2) is 15.1 Å². The van der Waals surface area contributed by atoms with Gasteiger partial charge in [0.25, 0.3) is 0 Å². The van der Waals surface area contributed by atoms with Crippen molar-refractivity contribution in [3.63, 3.8) is 0 Å². The molecule has 3 aromatic rings. The van der Waals surface area contributed by atoms with E-state index in [0.717, 1.165) is 15.5 Å². The van der Waals surface area contributed by atoms with Crippen LogP contribution >= 0.6 is 27.5 Å². The van der Waals surface area contributed by atoms with E-state index in [-0.39, 0.29) is 10.8 Å². The minimum Gasteiger partial charge on any atom is -0.506 e. The molecule has 0 aliphatic heterocycles. The molecule has 0 fully saturated rings. The van der Waals surface area contributed by atoms with Crippen LogP contribution in [0.15, 0.2) is 47.1 Å². The number of aromatic nitrogens is 2. The summed E-state index contributed by atoms with van der Waals surface area (Å²) in [6.07, 6.45) is 1.54. The van der Waals surface area contributed by atoms with Gasteiger partial charge in [0.15, 0.2) is 0 Å². The quantitative estimate of drug-likeness (QED) is 0.736. The zero-order chi connectivity index (χ0) is 14.1. The standard InChI is InChI=1S/C14H8BrClN2O2/c15-8-1-3-11-12(5-8)18-14(7-17-11)20-9-2-4-13(19)10(16)6-9/h1-7,19H. The zero-order valence-electron chi connectivity index (χ0n) is 10.0. The molecule has 0 saturated heterocycles. The number of fused-ring (bicyclic) bond motifs is 1. The van der Waals surface area contributed by atoms with Gasteiger partial charge in [-0.15, -0.1) is 0 Å². The van der Waals surface area contributed by atoms with Gasteiger partial charge in [-0.3, -0.25) is 0 Å². The molecule has 20 heavy (non-hydrogen) atoms. The Morgan fingerprint density at radius 2 is 1.95 bits per heavy atom. The van der Waals surface area contributed by atoms with E-state index in [1.165, 1.54) is 18.3 Å². The van der Waals surface area contributed by atoms with E-state index in [0.29, 0.717) is 11.6 Å². The molecule has 1 N–H and O–H groups in total. The highest BCUT2D eigenvalue weighted by Gasteiger charge is 2.05. The summed E-state index contributed by atoms with van der Waals surface area (Å²) in [6.45, 7) is 0. The Kier molecular flexibility index (Phi) is 3.46. The summed E-state index contributed by atoms with van der Waals surface area (Å²) in [6, 6.07) is 10.2. The lowest BCUT2D eigenvalue weighted by Gasteiger charge is -2.06. The summed E-state index contributed by atoms with van der Waals surface area (Å²) in [7, 11) is 0. The number of rotatable bonds is 2. The van der Waals surface area contributed by atoms with Gasteiger partial charge < -0.3 is 9.84 Å². The SMILES string of the molecule is Oc1ccc(Oc2cnc3ccc(Br)cc3n2)cc1Cl. The van der Waals surface area contributed by atoms with E-state index in [1.807, 2.05) is 18.2 Å². The Hall–Kier alpha value is -1.85. The molecule has 0 spiro atoms. The molecule has 2 aromatic carbocycles. The maximum Gasteiger partial charge on any atom is 0.238 e. The first-order valence-corrected chi connectivity index (χ1v) is 6.87. The van der Waals surface area contributed by atoms with E-state index in [4.69, 9.17) is 16.3 Å². The van der Waals surface area contributed by atoms with E-state index in [1.54, 1.807) is 6.07 Å². The van der Waals surface area contributed by atoms with Crippen molar-refractivity contribution in [1.29, 1.82) is 0 Å². The third-order valence-electron chi connectivity index (χ3n) is 2.62. The summed E-state index contributed by atoms with van der Waals surface area (Å²) >= 11 is 9.21. The molecule has 0 amide bonds. The molecular formula is C14H8BrClN2O2. The second-order valence-corrected chi connectivity index (χ2v) is 5.38. The van der Waals surface area contributed by atoms with Gasteiger partial charge in [0, 0.05) is 10.5 Å². The van der Waals surface area contributed by atoms with Crippen LogP contribution in [0.4, 0.5) is 0 Å². The number of hydrogen-bond donors (Lipinski definition) is 1. The van der Waals surface area contributed by atoms with Crippen LogP contribution in [0.25, 0.3) is 11.0 Å². The number of halogens is 2. The van der Waals surface area contributed by atoms with Crippen molar-refractivity contribution in [2.24, 2.45) is 0 Å². The average Bonchev–Trinajstić information content (AvgIpc) is 2.42. The van der Waals surface area contributed by atoms with Crippen molar-refractivity contribution in [3.8, 4) is 17.4 Å². The highest BCUT2D eigenvalue weighted by Crippen LogP contribution is 2.30. The molecule has 0 saturated carbocycles. The number of aromatic hydroxyl groups is 1. The molecule has 0 atom stereocenters. The first kappa shape index (κ1) is 13.1. The first-order chi connectivity index (χ1) is 9.61. The van der Waals surface area contributed by atoms with Gasteiger partial charge in [-0.2, -0.15) is 0 Å². The van der Waals surface area contributed by atoms with Gasteiger partial charge in [0.1, 0.15) is 11.5 Å². The zero-order valence-corrected chi connectivity index (χ0v) is 12.4. The Morgan fingerprint density at radius 3 is 2.75 bits per heavy atom. The van der Waals surface area contributed by atoms with Crippen molar-refractivity contribution < 1.29 is 9.84 Å². The van der Waals surface area contributed by atoms with Crippen LogP contribution in [-0.2, 0) is 0 Å². The normalized spacial score (nSPS) is 10.7. The molecule has 0 aliphatic rings. The summed E-state index contributed by atoms with van der Waals surface area (Å²) in [5.41, 5.74) is 1.51. The van der Waals surface area contributed by atoms with E-state index in [2.05, 4.69) is 25.9 Å². The molecular weight excluding hydrogens is 344 g/mol. The van der Waals surface area contributed by atoms with Crippen LogP contribution in [0.1, 0.15) is 0 Å². The smallest absolute Gasteiger partial charge is 0.238 e. The van der Waals surface area contributed by atoms with Gasteiger partial charge in [-0.05, 0) is 30.3 Å². The molecule has 0 aliphatic carbocycles. The number of phenolic OH excluding ortho intramolecular Hbond substituents is 1. The number of hydrogen-bond acceptors (Lipinski definition) is 4. The van der Waals surface area contributed by atoms with Crippen molar-refractivity contribution in [2.45, 2.75) is 0 Å². The van der Waals surface area contributed by atoms with Crippen LogP contribution in [0.2, 0.25) is 5.02 Å². The van der Waals surface area contributed by atoms with Gasteiger partial charge >= 0.3 is 0 Å². The monoisotopic (exact) mass is 350 g/mol. The molecule has 0 bridgehead atoms. The number of ether oxygens (including phenoxy) is 1. The Morgan fingerprint density at radius 1 is 1.10 bits per heavy atom. The lowest BCUT2D eigenvalue weighted by atomic mass is 10.3. The van der Waals surface area contributed by atoms with Crippen molar-refractivity contribution in [1.82, 2.24) is 9.97 Å². The molecule has 100 valence electrons. The molecule has 0 radical (unpaired) electrons. The van der Waals surface area contributed by atoms with Gasteiger partial charge in [0.2, 0.25) is 5.88 Å². The molecule has 1 heterocycles. The lowest BCUT2D eigenvalue weighted by molar-refractivity contribution is 0.454. The van der Waals surface area contributed by atoms with Crippen LogP contribution < -0.4 is 4.74 Å². The van der Waals surface area contributed by atoms with Crippen LogP contribution in [0, 0.1) is 0 Å². The molecule has 6 heteroatoms. The van der Waals surface area contributed by atoms with E-state index < -0.39 is 0 Å². The molecule has 3 rings (SSSR count). The number of benzene rings is 2. The van der Waals surface area contributed by atoms with Crippen molar-refractivity contribution >= 4 is 38.6 Å². The predicted octanol–water partition coefficient (Wildman–Crippen LogP) is 4.54. The Balaban J connectivity index is 1.95. The van der Waals surface area contributed by atoms with Crippen LogP contribution in [0.5, 0.6) is 17.4 Å². The Labute approximate surface area is 128 Å². The fourth-order valence-electron chi connectivity index (χ4n) is 1.69. The summed E-state index contributed by atoms with van der Waals surface area (Å²) in [5.74, 6) is 0.848. The van der Waals surface area contributed by atoms with E-state index >= 15 is 0 Å². The average molecular weight is 352 g/mol.